The Balaban J connectivity index is 1.75. The van der Waals surface area contributed by atoms with Crippen LogP contribution in [0.15, 0.2) is 10.6 Å². The Morgan fingerprint density at radius 3 is 2.57 bits per heavy atom. The number of aromatic nitrogens is 1. The summed E-state index contributed by atoms with van der Waals surface area (Å²) in [6, 6.07) is 1.69. The fraction of sp³-hybridized carbons (Fsp3) is 0.688. The van der Waals surface area contributed by atoms with Crippen LogP contribution in [0.1, 0.15) is 39.4 Å². The van der Waals surface area contributed by atoms with E-state index in [1.807, 2.05) is 25.7 Å². The van der Waals surface area contributed by atoms with Crippen molar-refractivity contribution in [1.29, 1.82) is 0 Å². The molecular weight excluding hydrogens is 298 g/mol. The Morgan fingerprint density at radius 2 is 2.04 bits per heavy atom. The highest BCUT2D eigenvalue weighted by Gasteiger charge is 2.27. The van der Waals surface area contributed by atoms with Crippen LogP contribution in [0.4, 0.5) is 5.82 Å². The molecule has 1 aliphatic heterocycles. The lowest BCUT2D eigenvalue weighted by atomic mass is 9.96. The maximum absolute atomic E-state index is 12.2. The van der Waals surface area contributed by atoms with Gasteiger partial charge in [-0.3, -0.25) is 14.5 Å². The third-order valence-electron chi connectivity index (χ3n) is 3.61. The van der Waals surface area contributed by atoms with Gasteiger partial charge in [0.15, 0.2) is 5.82 Å². The molecule has 0 aliphatic carbocycles. The van der Waals surface area contributed by atoms with Gasteiger partial charge in [-0.2, -0.15) is 0 Å². The van der Waals surface area contributed by atoms with Crippen LogP contribution in [0.5, 0.6) is 0 Å². The fourth-order valence-electron chi connectivity index (χ4n) is 2.56. The van der Waals surface area contributed by atoms with E-state index >= 15 is 0 Å². The summed E-state index contributed by atoms with van der Waals surface area (Å²) in [4.78, 5) is 26.0. The highest BCUT2D eigenvalue weighted by atomic mass is 16.6. The Bertz CT molecular complexity index is 554. The Labute approximate surface area is 136 Å². The van der Waals surface area contributed by atoms with E-state index in [1.54, 1.807) is 13.0 Å². The van der Waals surface area contributed by atoms with Gasteiger partial charge in [-0.25, -0.2) is 0 Å². The molecule has 1 N–H and O–H groups in total. The van der Waals surface area contributed by atoms with E-state index in [-0.39, 0.29) is 24.3 Å². The molecule has 0 saturated carbocycles. The second-order valence-electron chi connectivity index (χ2n) is 6.95. The zero-order chi connectivity index (χ0) is 17.0. The monoisotopic (exact) mass is 323 g/mol. The summed E-state index contributed by atoms with van der Waals surface area (Å²) in [5.74, 6) is 0.770. The van der Waals surface area contributed by atoms with Gasteiger partial charge in [0.2, 0.25) is 5.91 Å². The Morgan fingerprint density at radius 1 is 1.39 bits per heavy atom. The van der Waals surface area contributed by atoms with Crippen LogP contribution in [0.25, 0.3) is 0 Å². The van der Waals surface area contributed by atoms with E-state index in [0.717, 1.165) is 0 Å². The average molecular weight is 323 g/mol. The van der Waals surface area contributed by atoms with Gasteiger partial charge in [0.1, 0.15) is 11.4 Å². The maximum Gasteiger partial charge on any atom is 0.320 e. The third-order valence-corrected chi connectivity index (χ3v) is 3.61. The van der Waals surface area contributed by atoms with Crippen molar-refractivity contribution in [3.05, 3.63) is 11.8 Å². The highest BCUT2D eigenvalue weighted by molar-refractivity contribution is 5.91. The molecule has 128 valence electrons. The molecule has 23 heavy (non-hydrogen) atoms. The summed E-state index contributed by atoms with van der Waals surface area (Å²) < 4.78 is 10.2. The van der Waals surface area contributed by atoms with Crippen molar-refractivity contribution in [3.63, 3.8) is 0 Å². The molecule has 0 spiro atoms. The van der Waals surface area contributed by atoms with Crippen molar-refractivity contribution in [3.8, 4) is 0 Å². The van der Waals surface area contributed by atoms with Crippen molar-refractivity contribution in [2.75, 3.05) is 25.0 Å². The van der Waals surface area contributed by atoms with E-state index in [0.29, 0.717) is 37.5 Å². The number of rotatable bonds is 4. The van der Waals surface area contributed by atoms with Crippen LogP contribution in [0, 0.1) is 12.8 Å². The lowest BCUT2D eigenvalue weighted by molar-refractivity contribution is -0.156. The van der Waals surface area contributed by atoms with Gasteiger partial charge in [-0.1, -0.05) is 5.16 Å². The van der Waals surface area contributed by atoms with E-state index in [9.17, 15) is 9.59 Å². The second-order valence-corrected chi connectivity index (χ2v) is 6.95. The van der Waals surface area contributed by atoms with Crippen molar-refractivity contribution >= 4 is 17.7 Å². The fourth-order valence-corrected chi connectivity index (χ4v) is 2.56. The number of amides is 1. The smallest absolute Gasteiger partial charge is 0.320 e. The summed E-state index contributed by atoms with van der Waals surface area (Å²) in [7, 11) is 0. The van der Waals surface area contributed by atoms with E-state index in [4.69, 9.17) is 9.26 Å². The number of ether oxygens (including phenoxy) is 1. The first-order chi connectivity index (χ1) is 10.7. The first-order valence-electron chi connectivity index (χ1n) is 7.91. The summed E-state index contributed by atoms with van der Waals surface area (Å²) >= 11 is 0. The van der Waals surface area contributed by atoms with Crippen molar-refractivity contribution in [2.45, 2.75) is 46.1 Å². The minimum atomic E-state index is -0.467. The van der Waals surface area contributed by atoms with Crippen LogP contribution >= 0.6 is 0 Å². The number of anilines is 1. The number of nitrogens with one attached hydrogen (secondary N) is 1. The molecule has 2 heterocycles. The quantitative estimate of drug-likeness (QED) is 0.853. The number of hydrogen-bond acceptors (Lipinski definition) is 6. The van der Waals surface area contributed by atoms with Gasteiger partial charge >= 0.3 is 5.97 Å². The van der Waals surface area contributed by atoms with Gasteiger partial charge in [0.05, 0.1) is 6.54 Å². The molecule has 0 unspecified atom stereocenters. The molecule has 0 atom stereocenters. The Hall–Kier alpha value is -1.89. The lowest BCUT2D eigenvalue weighted by Crippen LogP contribution is -2.42. The molecular formula is C16H25N3O4. The molecule has 1 saturated heterocycles. The average Bonchev–Trinajstić information content (AvgIpc) is 2.82. The van der Waals surface area contributed by atoms with Gasteiger partial charge < -0.3 is 14.6 Å². The standard InChI is InChI=1S/C16H25N3O4/c1-11-9-13(18-23-11)17-15(21)12-5-7-19(8-6-12)10-14(20)22-16(2,3)4/h9,12H,5-8,10H2,1-4H3,(H,17,18,21). The number of piperidine rings is 1. The normalized spacial score (nSPS) is 17.0. The number of esters is 1. The van der Waals surface area contributed by atoms with E-state index in [1.165, 1.54) is 0 Å². The highest BCUT2D eigenvalue weighted by Crippen LogP contribution is 2.20. The number of likely N-dealkylation sites (tertiary alicyclic amines) is 1. The van der Waals surface area contributed by atoms with Crippen molar-refractivity contribution in [1.82, 2.24) is 10.1 Å². The van der Waals surface area contributed by atoms with Crippen LogP contribution in [0.2, 0.25) is 0 Å². The molecule has 1 aromatic heterocycles. The summed E-state index contributed by atoms with van der Waals surface area (Å²) in [6.07, 6.45) is 1.43. The van der Waals surface area contributed by atoms with Crippen molar-refractivity contribution < 1.29 is 18.8 Å². The molecule has 2 rings (SSSR count). The molecule has 0 radical (unpaired) electrons. The lowest BCUT2D eigenvalue weighted by Gasteiger charge is -2.31. The minimum Gasteiger partial charge on any atom is -0.459 e. The zero-order valence-electron chi connectivity index (χ0n) is 14.2. The van der Waals surface area contributed by atoms with Crippen LogP contribution in [-0.4, -0.2) is 47.2 Å². The van der Waals surface area contributed by atoms with Gasteiger partial charge in [0.25, 0.3) is 0 Å². The molecule has 1 fully saturated rings. The molecule has 1 aliphatic rings. The molecule has 7 nitrogen and oxygen atoms in total. The van der Waals surface area contributed by atoms with Gasteiger partial charge in [-0.15, -0.1) is 0 Å². The predicted molar refractivity (Wildman–Crippen MR) is 84.9 cm³/mol. The number of carbonyl (C=O) groups excluding carboxylic acids is 2. The van der Waals surface area contributed by atoms with Crippen molar-refractivity contribution in [2.24, 2.45) is 5.92 Å². The van der Waals surface area contributed by atoms with E-state index in [2.05, 4.69) is 10.5 Å². The van der Waals surface area contributed by atoms with Gasteiger partial charge in [0, 0.05) is 12.0 Å². The largest absolute Gasteiger partial charge is 0.459 e. The molecule has 1 aromatic rings. The summed E-state index contributed by atoms with van der Waals surface area (Å²) in [6.45, 7) is 9.02. The van der Waals surface area contributed by atoms with Crippen LogP contribution in [0.3, 0.4) is 0 Å². The zero-order valence-corrected chi connectivity index (χ0v) is 14.2. The number of aryl methyl sites for hydroxylation is 1. The minimum absolute atomic E-state index is 0.0461. The number of hydrogen-bond donors (Lipinski definition) is 1. The Kier molecular flexibility index (Phi) is 5.41. The van der Waals surface area contributed by atoms with Crippen LogP contribution in [-0.2, 0) is 14.3 Å². The number of nitrogens with zero attached hydrogens (tertiary/aromatic N) is 2. The first kappa shape index (κ1) is 17.5. The molecule has 0 bridgehead atoms. The number of carbonyl (C=O) groups is 2. The second kappa shape index (κ2) is 7.12. The summed E-state index contributed by atoms with van der Waals surface area (Å²) in [5.41, 5.74) is -0.467. The molecule has 7 heteroatoms. The SMILES string of the molecule is Cc1cc(NC(=O)C2CCN(CC(=O)OC(C)(C)C)CC2)no1. The van der Waals surface area contributed by atoms with Crippen LogP contribution < -0.4 is 5.32 Å². The summed E-state index contributed by atoms with van der Waals surface area (Å²) in [5, 5.41) is 6.53. The topological polar surface area (TPSA) is 84.7 Å². The van der Waals surface area contributed by atoms with E-state index < -0.39 is 5.60 Å². The predicted octanol–water partition coefficient (Wildman–Crippen LogP) is 1.98. The molecule has 0 aromatic carbocycles. The third kappa shape index (κ3) is 5.67. The molecule has 1 amide bonds. The maximum atomic E-state index is 12.2. The van der Waals surface area contributed by atoms with Gasteiger partial charge in [-0.05, 0) is 53.6 Å². The first-order valence-corrected chi connectivity index (χ1v) is 7.91.